The van der Waals surface area contributed by atoms with Crippen molar-refractivity contribution in [1.29, 1.82) is 5.41 Å². The summed E-state index contributed by atoms with van der Waals surface area (Å²) < 4.78 is 9.41. The zero-order chi connectivity index (χ0) is 11.0. The second-order valence-electron chi connectivity index (χ2n) is 2.37. The predicted molar refractivity (Wildman–Crippen MR) is 53.1 cm³/mol. The maximum absolute atomic E-state index is 11.3. The number of ether oxygens (including phenoxy) is 2. The molecule has 0 saturated heterocycles. The minimum absolute atomic E-state index is 0.0937. The summed E-state index contributed by atoms with van der Waals surface area (Å²) in [5, 5.41) is 10.2. The van der Waals surface area contributed by atoms with Crippen LogP contribution in [0.2, 0.25) is 0 Å². The summed E-state index contributed by atoms with van der Waals surface area (Å²) in [6, 6.07) is 0. The molecule has 0 saturated carbocycles. The third-order valence-electron chi connectivity index (χ3n) is 1.39. The van der Waals surface area contributed by atoms with Gasteiger partial charge in [0.2, 0.25) is 5.90 Å². The van der Waals surface area contributed by atoms with Crippen molar-refractivity contribution in [2.45, 2.75) is 13.8 Å². The van der Waals surface area contributed by atoms with Gasteiger partial charge in [0.05, 0.1) is 13.7 Å². The zero-order valence-corrected chi connectivity index (χ0v) is 8.72. The second-order valence-corrected chi connectivity index (χ2v) is 2.37. The molecule has 0 radical (unpaired) electrons. The van der Waals surface area contributed by atoms with Crippen LogP contribution in [0.3, 0.4) is 0 Å². The van der Waals surface area contributed by atoms with Gasteiger partial charge >= 0.3 is 5.97 Å². The molecule has 0 aliphatic carbocycles. The van der Waals surface area contributed by atoms with Gasteiger partial charge in [0, 0.05) is 12.7 Å². The van der Waals surface area contributed by atoms with Gasteiger partial charge in [-0.05, 0) is 13.8 Å². The van der Waals surface area contributed by atoms with E-state index in [2.05, 4.69) is 10.1 Å². The highest BCUT2D eigenvalue weighted by Gasteiger charge is 2.16. The molecule has 0 aromatic rings. The highest BCUT2D eigenvalue weighted by atomic mass is 16.5. The molecule has 5 heteroatoms. The molecule has 0 rings (SSSR count). The Kier molecular flexibility index (Phi) is 6.19. The van der Waals surface area contributed by atoms with Gasteiger partial charge in [0.25, 0.3) is 0 Å². The topological polar surface area (TPSA) is 71.4 Å². The maximum atomic E-state index is 11.3. The summed E-state index contributed by atoms with van der Waals surface area (Å²) in [7, 11) is 1.33. The fourth-order valence-corrected chi connectivity index (χ4v) is 0.740. The number of carbonyl (C=O) groups excluding carboxylic acids is 1. The lowest BCUT2D eigenvalue weighted by Gasteiger charge is -2.07. The lowest BCUT2D eigenvalue weighted by molar-refractivity contribution is -0.138. The van der Waals surface area contributed by atoms with Crippen molar-refractivity contribution in [2.75, 3.05) is 20.3 Å². The third kappa shape index (κ3) is 3.93. The first-order valence-corrected chi connectivity index (χ1v) is 4.40. The van der Waals surface area contributed by atoms with E-state index in [4.69, 9.17) is 10.1 Å². The van der Waals surface area contributed by atoms with E-state index in [1.165, 1.54) is 13.3 Å². The molecule has 5 nitrogen and oxygen atoms in total. The quantitative estimate of drug-likeness (QED) is 0.296. The fraction of sp³-hybridized carbons (Fsp3) is 0.556. The Morgan fingerprint density at radius 2 is 2.14 bits per heavy atom. The average Bonchev–Trinajstić information content (AvgIpc) is 2.18. The smallest absolute Gasteiger partial charge is 0.345 e. The van der Waals surface area contributed by atoms with E-state index in [0.717, 1.165) is 0 Å². The lowest BCUT2D eigenvalue weighted by Crippen LogP contribution is -2.19. The van der Waals surface area contributed by atoms with Crippen molar-refractivity contribution >= 4 is 11.9 Å². The maximum Gasteiger partial charge on any atom is 0.345 e. The number of hydrogen-bond donors (Lipinski definition) is 2. The van der Waals surface area contributed by atoms with Crippen LogP contribution in [-0.2, 0) is 14.3 Å². The molecule has 0 aromatic carbocycles. The van der Waals surface area contributed by atoms with Crippen molar-refractivity contribution in [1.82, 2.24) is 5.32 Å². The van der Waals surface area contributed by atoms with E-state index in [9.17, 15) is 4.79 Å². The van der Waals surface area contributed by atoms with Crippen LogP contribution in [0.5, 0.6) is 0 Å². The Morgan fingerprint density at radius 3 is 2.57 bits per heavy atom. The number of carbonyl (C=O) groups is 1. The Morgan fingerprint density at radius 1 is 1.50 bits per heavy atom. The molecular formula is C9H16N2O3. The van der Waals surface area contributed by atoms with E-state index < -0.39 is 5.97 Å². The first-order valence-electron chi connectivity index (χ1n) is 4.40. The normalized spacial score (nSPS) is 10.6. The first kappa shape index (κ1) is 12.5. The molecule has 80 valence electrons. The minimum Gasteiger partial charge on any atom is -0.481 e. The Balaban J connectivity index is 4.54. The molecule has 14 heavy (non-hydrogen) atoms. The SMILES string of the molecule is CCN/C=C(\C(=N)OC)C(=O)OCC. The first-order chi connectivity index (χ1) is 6.67. The molecule has 0 aliphatic rings. The van der Waals surface area contributed by atoms with Gasteiger partial charge in [0.15, 0.2) is 0 Å². The Labute approximate surface area is 83.6 Å². The van der Waals surface area contributed by atoms with Crippen molar-refractivity contribution in [3.05, 3.63) is 11.8 Å². The molecule has 2 N–H and O–H groups in total. The summed E-state index contributed by atoms with van der Waals surface area (Å²) in [4.78, 5) is 11.3. The van der Waals surface area contributed by atoms with Crippen molar-refractivity contribution in [3.63, 3.8) is 0 Å². The van der Waals surface area contributed by atoms with Gasteiger partial charge in [-0.15, -0.1) is 0 Å². The number of nitrogens with one attached hydrogen (secondary N) is 2. The zero-order valence-electron chi connectivity index (χ0n) is 8.72. The van der Waals surface area contributed by atoms with Crippen LogP contribution in [0.1, 0.15) is 13.8 Å². The van der Waals surface area contributed by atoms with Gasteiger partial charge in [-0.25, -0.2) is 4.79 Å². The molecule has 0 aromatic heterocycles. The van der Waals surface area contributed by atoms with Gasteiger partial charge in [-0.1, -0.05) is 0 Å². The average molecular weight is 200 g/mol. The lowest BCUT2D eigenvalue weighted by atomic mass is 10.3. The predicted octanol–water partition coefficient (Wildman–Crippen LogP) is 0.667. The second kappa shape index (κ2) is 6.94. The van der Waals surface area contributed by atoms with Crippen LogP contribution < -0.4 is 5.32 Å². The molecule has 0 unspecified atom stereocenters. The summed E-state index contributed by atoms with van der Waals surface area (Å²) >= 11 is 0. The van der Waals surface area contributed by atoms with Crippen LogP contribution in [0, 0.1) is 5.41 Å². The van der Waals surface area contributed by atoms with E-state index in [1.807, 2.05) is 6.92 Å². The van der Waals surface area contributed by atoms with Crippen LogP contribution >= 0.6 is 0 Å². The molecule has 0 spiro atoms. The largest absolute Gasteiger partial charge is 0.481 e. The summed E-state index contributed by atoms with van der Waals surface area (Å²) in [6.07, 6.45) is 1.42. The molecule has 0 aliphatic heterocycles. The number of rotatable bonds is 5. The third-order valence-corrected chi connectivity index (χ3v) is 1.39. The Bertz CT molecular complexity index is 236. The molecule has 0 amide bonds. The molecule has 0 heterocycles. The summed E-state index contributed by atoms with van der Waals surface area (Å²) in [6.45, 7) is 4.54. The van der Waals surface area contributed by atoms with Crippen LogP contribution in [0.15, 0.2) is 11.8 Å². The van der Waals surface area contributed by atoms with E-state index in [1.54, 1.807) is 6.92 Å². The van der Waals surface area contributed by atoms with Gasteiger partial charge in [0.1, 0.15) is 5.57 Å². The van der Waals surface area contributed by atoms with Crippen molar-refractivity contribution in [3.8, 4) is 0 Å². The van der Waals surface area contributed by atoms with E-state index >= 15 is 0 Å². The fourth-order valence-electron chi connectivity index (χ4n) is 0.740. The van der Waals surface area contributed by atoms with Gasteiger partial charge in [-0.3, -0.25) is 5.41 Å². The van der Waals surface area contributed by atoms with E-state index in [-0.39, 0.29) is 18.1 Å². The number of esters is 1. The number of methoxy groups -OCH3 is 1. The van der Waals surface area contributed by atoms with Crippen molar-refractivity contribution < 1.29 is 14.3 Å². The van der Waals surface area contributed by atoms with Crippen LogP contribution in [0.4, 0.5) is 0 Å². The van der Waals surface area contributed by atoms with Crippen molar-refractivity contribution in [2.24, 2.45) is 0 Å². The Hall–Kier alpha value is -1.52. The molecule has 0 bridgehead atoms. The van der Waals surface area contributed by atoms with Crippen LogP contribution in [0.25, 0.3) is 0 Å². The molecule has 0 fully saturated rings. The van der Waals surface area contributed by atoms with Gasteiger partial charge < -0.3 is 14.8 Å². The molecule has 0 atom stereocenters. The highest BCUT2D eigenvalue weighted by molar-refractivity contribution is 6.15. The monoisotopic (exact) mass is 200 g/mol. The minimum atomic E-state index is -0.555. The van der Waals surface area contributed by atoms with E-state index in [0.29, 0.717) is 6.54 Å². The standard InChI is InChI=1S/C9H16N2O3/c1-4-11-6-7(8(10)13-3)9(12)14-5-2/h6,10-11H,4-5H2,1-3H3/b7-6+,10-8?. The van der Waals surface area contributed by atoms with Gasteiger partial charge in [-0.2, -0.15) is 0 Å². The van der Waals surface area contributed by atoms with Crippen LogP contribution in [-0.4, -0.2) is 32.1 Å². The molecular weight excluding hydrogens is 184 g/mol. The highest BCUT2D eigenvalue weighted by Crippen LogP contribution is 2.00. The summed E-state index contributed by atoms with van der Waals surface area (Å²) in [5.74, 6) is -0.760. The number of hydrogen-bond acceptors (Lipinski definition) is 5. The summed E-state index contributed by atoms with van der Waals surface area (Å²) in [5.41, 5.74) is 0.0937.